The summed E-state index contributed by atoms with van der Waals surface area (Å²) in [5.74, 6) is -0.485. The van der Waals surface area contributed by atoms with Crippen molar-refractivity contribution in [2.75, 3.05) is 13.1 Å². The number of aryl methyl sites for hydroxylation is 2. The third-order valence-electron chi connectivity index (χ3n) is 4.22. The Balaban J connectivity index is 2.23. The maximum Gasteiger partial charge on any atom is 0.311 e. The SMILES string of the molecule is Cc1nc(C)c(C(=O)N2CCC(C(=O)O)(C(C)C)C2)o1. The van der Waals surface area contributed by atoms with Crippen LogP contribution >= 0.6 is 0 Å². The Bertz CT molecular complexity index is 549. The van der Waals surface area contributed by atoms with Crippen molar-refractivity contribution in [2.24, 2.45) is 11.3 Å². The van der Waals surface area contributed by atoms with Crippen LogP contribution in [0.1, 0.15) is 42.4 Å². The Kier molecular flexibility index (Phi) is 3.58. The molecule has 2 rings (SSSR count). The summed E-state index contributed by atoms with van der Waals surface area (Å²) >= 11 is 0. The smallest absolute Gasteiger partial charge is 0.311 e. The molecule has 1 aromatic rings. The summed E-state index contributed by atoms with van der Waals surface area (Å²) in [5.41, 5.74) is -0.316. The molecule has 0 spiro atoms. The molecule has 0 radical (unpaired) electrons. The highest BCUT2D eigenvalue weighted by atomic mass is 16.4. The average molecular weight is 280 g/mol. The van der Waals surface area contributed by atoms with E-state index < -0.39 is 11.4 Å². The van der Waals surface area contributed by atoms with Crippen LogP contribution in [0, 0.1) is 25.2 Å². The van der Waals surface area contributed by atoms with Crippen LogP contribution in [0.25, 0.3) is 0 Å². The number of likely N-dealkylation sites (tertiary alicyclic amines) is 1. The largest absolute Gasteiger partial charge is 0.481 e. The van der Waals surface area contributed by atoms with E-state index in [1.165, 1.54) is 0 Å². The van der Waals surface area contributed by atoms with Gasteiger partial charge in [0.1, 0.15) is 0 Å². The summed E-state index contributed by atoms with van der Waals surface area (Å²) in [6, 6.07) is 0. The normalized spacial score (nSPS) is 22.6. The van der Waals surface area contributed by atoms with Crippen LogP contribution in [0.2, 0.25) is 0 Å². The van der Waals surface area contributed by atoms with Gasteiger partial charge in [-0.05, 0) is 19.3 Å². The van der Waals surface area contributed by atoms with Gasteiger partial charge in [0.2, 0.25) is 5.76 Å². The van der Waals surface area contributed by atoms with Gasteiger partial charge in [0.05, 0.1) is 11.1 Å². The summed E-state index contributed by atoms with van der Waals surface area (Å²) in [4.78, 5) is 29.6. The highest BCUT2D eigenvalue weighted by Crippen LogP contribution is 2.38. The number of hydrogen-bond acceptors (Lipinski definition) is 4. The summed E-state index contributed by atoms with van der Waals surface area (Å²) in [5, 5.41) is 9.49. The minimum absolute atomic E-state index is 0.0321. The molecule has 1 saturated heterocycles. The van der Waals surface area contributed by atoms with E-state index in [2.05, 4.69) is 4.98 Å². The second-order valence-corrected chi connectivity index (χ2v) is 5.74. The van der Waals surface area contributed by atoms with E-state index in [-0.39, 0.29) is 24.1 Å². The fraction of sp³-hybridized carbons (Fsp3) is 0.643. The first kappa shape index (κ1) is 14.6. The van der Waals surface area contributed by atoms with Crippen LogP contribution in [-0.2, 0) is 4.79 Å². The van der Waals surface area contributed by atoms with E-state index in [1.807, 2.05) is 13.8 Å². The van der Waals surface area contributed by atoms with E-state index in [0.29, 0.717) is 24.6 Å². The van der Waals surface area contributed by atoms with Crippen molar-refractivity contribution in [1.82, 2.24) is 9.88 Å². The lowest BCUT2D eigenvalue weighted by Crippen LogP contribution is -2.40. The topological polar surface area (TPSA) is 83.6 Å². The number of amides is 1. The van der Waals surface area contributed by atoms with Crippen LogP contribution in [-0.4, -0.2) is 40.0 Å². The maximum atomic E-state index is 12.4. The predicted molar refractivity (Wildman–Crippen MR) is 71.4 cm³/mol. The maximum absolute atomic E-state index is 12.4. The number of hydrogen-bond donors (Lipinski definition) is 1. The molecule has 1 atom stereocenters. The Morgan fingerprint density at radius 2 is 2.05 bits per heavy atom. The van der Waals surface area contributed by atoms with Gasteiger partial charge < -0.3 is 14.4 Å². The van der Waals surface area contributed by atoms with Crippen LogP contribution in [0.15, 0.2) is 4.42 Å². The monoisotopic (exact) mass is 280 g/mol. The van der Waals surface area contributed by atoms with Gasteiger partial charge >= 0.3 is 5.97 Å². The van der Waals surface area contributed by atoms with E-state index in [1.54, 1.807) is 18.7 Å². The van der Waals surface area contributed by atoms with Crippen LogP contribution in [0.3, 0.4) is 0 Å². The molecule has 6 nitrogen and oxygen atoms in total. The molecule has 6 heteroatoms. The van der Waals surface area contributed by atoms with Gasteiger partial charge in [0, 0.05) is 20.0 Å². The lowest BCUT2D eigenvalue weighted by atomic mass is 9.76. The highest BCUT2D eigenvalue weighted by Gasteiger charge is 2.49. The number of carboxylic acid groups (broad SMARTS) is 1. The average Bonchev–Trinajstić information content (AvgIpc) is 2.93. The van der Waals surface area contributed by atoms with Gasteiger partial charge in [0.15, 0.2) is 5.89 Å². The van der Waals surface area contributed by atoms with E-state index >= 15 is 0 Å². The second-order valence-electron chi connectivity index (χ2n) is 5.74. The Morgan fingerprint density at radius 1 is 1.40 bits per heavy atom. The van der Waals surface area contributed by atoms with Gasteiger partial charge in [-0.15, -0.1) is 0 Å². The molecule has 0 bridgehead atoms. The van der Waals surface area contributed by atoms with E-state index in [4.69, 9.17) is 4.42 Å². The molecule has 1 unspecified atom stereocenters. The van der Waals surface area contributed by atoms with Crippen LogP contribution in [0.4, 0.5) is 0 Å². The molecule has 0 aromatic carbocycles. The minimum Gasteiger partial charge on any atom is -0.481 e. The van der Waals surface area contributed by atoms with Gasteiger partial charge in [-0.1, -0.05) is 13.8 Å². The van der Waals surface area contributed by atoms with Crippen LogP contribution < -0.4 is 0 Å². The van der Waals surface area contributed by atoms with Gasteiger partial charge in [-0.2, -0.15) is 0 Å². The van der Waals surface area contributed by atoms with E-state index in [0.717, 1.165) is 0 Å². The zero-order chi connectivity index (χ0) is 15.1. The van der Waals surface area contributed by atoms with E-state index in [9.17, 15) is 14.7 Å². The summed E-state index contributed by atoms with van der Waals surface area (Å²) < 4.78 is 5.33. The number of carbonyl (C=O) groups is 2. The Hall–Kier alpha value is -1.85. The van der Waals surface area contributed by atoms with Crippen molar-refractivity contribution in [3.05, 3.63) is 17.3 Å². The van der Waals surface area contributed by atoms with Gasteiger partial charge in [-0.3, -0.25) is 9.59 Å². The summed E-state index contributed by atoms with van der Waals surface area (Å²) in [6.07, 6.45) is 0.470. The molecular weight excluding hydrogens is 260 g/mol. The first-order valence-electron chi connectivity index (χ1n) is 6.74. The number of nitrogens with zero attached hydrogens (tertiary/aromatic N) is 2. The molecular formula is C14H20N2O4. The van der Waals surface area contributed by atoms with Crippen molar-refractivity contribution < 1.29 is 19.1 Å². The molecule has 2 heterocycles. The molecule has 1 aliphatic heterocycles. The fourth-order valence-electron chi connectivity index (χ4n) is 2.77. The quantitative estimate of drug-likeness (QED) is 0.913. The van der Waals surface area contributed by atoms with Gasteiger partial charge in [0.25, 0.3) is 5.91 Å². The number of aromatic nitrogens is 1. The summed E-state index contributed by atoms with van der Waals surface area (Å²) in [7, 11) is 0. The zero-order valence-electron chi connectivity index (χ0n) is 12.3. The number of aliphatic carboxylic acids is 1. The lowest BCUT2D eigenvalue weighted by Gasteiger charge is -2.28. The molecule has 0 saturated carbocycles. The number of rotatable bonds is 3. The molecule has 110 valence electrons. The molecule has 1 fully saturated rings. The Morgan fingerprint density at radius 3 is 2.45 bits per heavy atom. The number of oxazole rings is 1. The molecule has 1 amide bonds. The third kappa shape index (κ3) is 2.19. The predicted octanol–water partition coefficient (Wildman–Crippen LogP) is 1.86. The van der Waals surface area contributed by atoms with Crippen molar-refractivity contribution in [3.8, 4) is 0 Å². The highest BCUT2D eigenvalue weighted by molar-refractivity contribution is 5.93. The molecule has 0 aliphatic carbocycles. The molecule has 1 aliphatic rings. The zero-order valence-corrected chi connectivity index (χ0v) is 12.3. The number of carbonyl (C=O) groups excluding carboxylic acids is 1. The molecule has 20 heavy (non-hydrogen) atoms. The van der Waals surface area contributed by atoms with Crippen molar-refractivity contribution >= 4 is 11.9 Å². The molecule has 1 aromatic heterocycles. The number of carboxylic acids is 1. The van der Waals surface area contributed by atoms with Crippen molar-refractivity contribution in [3.63, 3.8) is 0 Å². The van der Waals surface area contributed by atoms with Crippen molar-refractivity contribution in [1.29, 1.82) is 0 Å². The minimum atomic E-state index is -0.862. The lowest BCUT2D eigenvalue weighted by molar-refractivity contribution is -0.150. The van der Waals surface area contributed by atoms with Crippen molar-refractivity contribution in [2.45, 2.75) is 34.1 Å². The first-order chi connectivity index (χ1) is 9.28. The Labute approximate surface area is 117 Å². The second kappa shape index (κ2) is 4.92. The van der Waals surface area contributed by atoms with Crippen LogP contribution in [0.5, 0.6) is 0 Å². The third-order valence-corrected chi connectivity index (χ3v) is 4.22. The summed E-state index contributed by atoms with van der Waals surface area (Å²) in [6.45, 7) is 7.81. The standard InChI is InChI=1S/C14H20N2O4/c1-8(2)14(13(18)19)5-6-16(7-14)12(17)11-9(3)15-10(4)20-11/h8H,5-7H2,1-4H3,(H,18,19). The first-order valence-corrected chi connectivity index (χ1v) is 6.74. The fourth-order valence-corrected chi connectivity index (χ4v) is 2.77. The molecule has 1 N–H and O–H groups in total. The van der Waals surface area contributed by atoms with Gasteiger partial charge in [-0.25, -0.2) is 4.98 Å².